The first-order chi connectivity index (χ1) is 9.74. The molecular weight excluding hydrogens is 248 g/mol. The van der Waals surface area contributed by atoms with Gasteiger partial charge < -0.3 is 5.32 Å². The fourth-order valence-electron chi connectivity index (χ4n) is 2.35. The molecule has 0 aliphatic rings. The molecular formula is C16H24N4. The van der Waals surface area contributed by atoms with Crippen molar-refractivity contribution >= 4 is 0 Å². The Morgan fingerprint density at radius 3 is 2.70 bits per heavy atom. The molecule has 1 atom stereocenters. The average Bonchev–Trinajstić information content (AvgIpc) is 2.96. The third kappa shape index (κ3) is 3.67. The highest BCUT2D eigenvalue weighted by atomic mass is 15.3. The van der Waals surface area contributed by atoms with E-state index in [0.29, 0.717) is 6.04 Å². The zero-order valence-corrected chi connectivity index (χ0v) is 12.6. The van der Waals surface area contributed by atoms with E-state index in [4.69, 9.17) is 0 Å². The minimum absolute atomic E-state index is 0.280. The van der Waals surface area contributed by atoms with E-state index in [-0.39, 0.29) is 6.04 Å². The van der Waals surface area contributed by atoms with E-state index in [1.807, 2.05) is 12.3 Å². The predicted molar refractivity (Wildman–Crippen MR) is 81.3 cm³/mol. The van der Waals surface area contributed by atoms with Gasteiger partial charge in [0.1, 0.15) is 0 Å². The Morgan fingerprint density at radius 2 is 2.05 bits per heavy atom. The third-order valence-corrected chi connectivity index (χ3v) is 3.75. The number of aromatic nitrogens is 3. The summed E-state index contributed by atoms with van der Waals surface area (Å²) in [7, 11) is 0. The van der Waals surface area contributed by atoms with Gasteiger partial charge in [-0.3, -0.25) is 9.67 Å². The minimum atomic E-state index is 0.280. The van der Waals surface area contributed by atoms with E-state index in [2.05, 4.69) is 59.2 Å². The van der Waals surface area contributed by atoms with Crippen molar-refractivity contribution in [3.8, 4) is 0 Å². The van der Waals surface area contributed by atoms with E-state index in [1.54, 1.807) is 6.20 Å². The molecule has 4 nitrogen and oxygen atoms in total. The van der Waals surface area contributed by atoms with Crippen LogP contribution in [0.1, 0.15) is 57.0 Å². The van der Waals surface area contributed by atoms with Gasteiger partial charge in [0.05, 0.1) is 11.7 Å². The highest BCUT2D eigenvalue weighted by Crippen LogP contribution is 2.15. The monoisotopic (exact) mass is 272 g/mol. The molecule has 4 heteroatoms. The first-order valence-corrected chi connectivity index (χ1v) is 7.41. The van der Waals surface area contributed by atoms with Crippen molar-refractivity contribution < 1.29 is 0 Å². The Bertz CT molecular complexity index is 502. The quantitative estimate of drug-likeness (QED) is 0.839. The van der Waals surface area contributed by atoms with E-state index in [1.165, 1.54) is 5.56 Å². The Balaban J connectivity index is 1.91. The maximum absolute atomic E-state index is 4.66. The molecule has 1 N–H and O–H groups in total. The van der Waals surface area contributed by atoms with Crippen LogP contribution in [0.5, 0.6) is 0 Å². The zero-order valence-electron chi connectivity index (χ0n) is 12.6. The van der Waals surface area contributed by atoms with E-state index in [0.717, 1.165) is 25.1 Å². The van der Waals surface area contributed by atoms with Gasteiger partial charge in [-0.2, -0.15) is 5.10 Å². The molecule has 0 radical (unpaired) electrons. The highest BCUT2D eigenvalue weighted by molar-refractivity contribution is 5.13. The molecule has 0 aromatic carbocycles. The van der Waals surface area contributed by atoms with Gasteiger partial charge in [-0.25, -0.2) is 0 Å². The molecule has 0 bridgehead atoms. The molecule has 2 rings (SSSR count). The summed E-state index contributed by atoms with van der Waals surface area (Å²) in [6.07, 6.45) is 8.03. The summed E-state index contributed by atoms with van der Waals surface area (Å²) < 4.78 is 2.09. The van der Waals surface area contributed by atoms with Crippen molar-refractivity contribution in [1.82, 2.24) is 20.1 Å². The molecule has 2 heterocycles. The highest BCUT2D eigenvalue weighted by Gasteiger charge is 2.09. The van der Waals surface area contributed by atoms with Crippen LogP contribution in [0.2, 0.25) is 0 Å². The maximum atomic E-state index is 4.66. The van der Waals surface area contributed by atoms with Crippen LogP contribution in [0.4, 0.5) is 0 Å². The SMILES string of the molecule is CCC(CC)n1ccc(CNC(C)c2cccnc2)n1. The number of rotatable bonds is 7. The zero-order chi connectivity index (χ0) is 14.4. The second-order valence-electron chi connectivity index (χ2n) is 5.15. The van der Waals surface area contributed by atoms with Crippen LogP contribution in [-0.4, -0.2) is 14.8 Å². The summed E-state index contributed by atoms with van der Waals surface area (Å²) in [5, 5.41) is 8.14. The van der Waals surface area contributed by atoms with Gasteiger partial charge >= 0.3 is 0 Å². The Morgan fingerprint density at radius 1 is 1.25 bits per heavy atom. The standard InChI is InChI=1S/C16H24N4/c1-4-16(5-2)20-10-8-15(19-20)12-18-13(3)14-7-6-9-17-11-14/h6-11,13,16,18H,4-5,12H2,1-3H3. The molecule has 0 spiro atoms. The van der Waals surface area contributed by atoms with Gasteiger partial charge in [0.2, 0.25) is 0 Å². The Hall–Kier alpha value is -1.68. The van der Waals surface area contributed by atoms with Crippen LogP contribution in [0.25, 0.3) is 0 Å². The van der Waals surface area contributed by atoms with Gasteiger partial charge in [-0.05, 0) is 37.5 Å². The first-order valence-electron chi connectivity index (χ1n) is 7.41. The number of hydrogen-bond acceptors (Lipinski definition) is 3. The summed E-state index contributed by atoms with van der Waals surface area (Å²) in [6, 6.07) is 6.95. The molecule has 20 heavy (non-hydrogen) atoms. The number of nitrogens with one attached hydrogen (secondary N) is 1. The molecule has 0 aliphatic carbocycles. The Kier molecular flexibility index (Phi) is 5.30. The molecule has 1 unspecified atom stereocenters. The lowest BCUT2D eigenvalue weighted by atomic mass is 10.1. The number of hydrogen-bond donors (Lipinski definition) is 1. The van der Waals surface area contributed by atoms with E-state index in [9.17, 15) is 0 Å². The summed E-state index contributed by atoms with van der Waals surface area (Å²) >= 11 is 0. The van der Waals surface area contributed by atoms with Gasteiger partial charge in [-0.15, -0.1) is 0 Å². The van der Waals surface area contributed by atoms with Crippen molar-refractivity contribution in [2.75, 3.05) is 0 Å². The second-order valence-corrected chi connectivity index (χ2v) is 5.15. The summed E-state index contributed by atoms with van der Waals surface area (Å²) in [5.74, 6) is 0. The maximum Gasteiger partial charge on any atom is 0.0762 e. The lowest BCUT2D eigenvalue weighted by Gasteiger charge is -2.14. The first kappa shape index (κ1) is 14.7. The number of nitrogens with zero attached hydrogens (tertiary/aromatic N) is 3. The molecule has 0 fully saturated rings. The van der Waals surface area contributed by atoms with Crippen LogP contribution in [0, 0.1) is 0 Å². The predicted octanol–water partition coefficient (Wildman–Crippen LogP) is 3.49. The second kappa shape index (κ2) is 7.20. The van der Waals surface area contributed by atoms with Crippen molar-refractivity contribution in [2.24, 2.45) is 0 Å². The molecule has 2 aromatic heterocycles. The average molecular weight is 272 g/mol. The fourth-order valence-corrected chi connectivity index (χ4v) is 2.35. The topological polar surface area (TPSA) is 42.7 Å². The molecule has 0 saturated carbocycles. The van der Waals surface area contributed by atoms with Crippen LogP contribution in [0.15, 0.2) is 36.8 Å². The Labute approximate surface area is 121 Å². The van der Waals surface area contributed by atoms with Crippen molar-refractivity contribution in [1.29, 1.82) is 0 Å². The summed E-state index contributed by atoms with van der Waals surface area (Å²) in [6.45, 7) is 7.34. The minimum Gasteiger partial charge on any atom is -0.304 e. The van der Waals surface area contributed by atoms with Gasteiger partial charge in [0, 0.05) is 31.2 Å². The molecule has 0 saturated heterocycles. The van der Waals surface area contributed by atoms with Crippen molar-refractivity contribution in [2.45, 2.75) is 52.2 Å². The molecule has 0 amide bonds. The molecule has 0 aliphatic heterocycles. The normalized spacial score (nSPS) is 12.8. The number of pyridine rings is 1. The van der Waals surface area contributed by atoms with Gasteiger partial charge in [0.15, 0.2) is 0 Å². The van der Waals surface area contributed by atoms with Crippen LogP contribution < -0.4 is 5.32 Å². The lowest BCUT2D eigenvalue weighted by Crippen LogP contribution is -2.19. The van der Waals surface area contributed by atoms with Crippen molar-refractivity contribution in [3.63, 3.8) is 0 Å². The fraction of sp³-hybridized carbons (Fsp3) is 0.500. The smallest absolute Gasteiger partial charge is 0.0762 e. The van der Waals surface area contributed by atoms with E-state index < -0.39 is 0 Å². The van der Waals surface area contributed by atoms with Gasteiger partial charge in [0.25, 0.3) is 0 Å². The summed E-state index contributed by atoms with van der Waals surface area (Å²) in [5.41, 5.74) is 2.29. The van der Waals surface area contributed by atoms with Crippen LogP contribution in [-0.2, 0) is 6.54 Å². The van der Waals surface area contributed by atoms with Crippen LogP contribution >= 0.6 is 0 Å². The molecule has 2 aromatic rings. The summed E-state index contributed by atoms with van der Waals surface area (Å²) in [4.78, 5) is 4.15. The van der Waals surface area contributed by atoms with E-state index >= 15 is 0 Å². The van der Waals surface area contributed by atoms with Gasteiger partial charge in [-0.1, -0.05) is 19.9 Å². The third-order valence-electron chi connectivity index (χ3n) is 3.75. The lowest BCUT2D eigenvalue weighted by molar-refractivity contribution is 0.423. The van der Waals surface area contributed by atoms with Crippen LogP contribution in [0.3, 0.4) is 0 Å². The van der Waals surface area contributed by atoms with Crippen molar-refractivity contribution in [3.05, 3.63) is 48.0 Å². The largest absolute Gasteiger partial charge is 0.304 e. The molecule has 108 valence electrons.